The number of carbonyl (C=O) groups excluding carboxylic acids is 3. The summed E-state index contributed by atoms with van der Waals surface area (Å²) in [6.07, 6.45) is 3.19. The van der Waals surface area contributed by atoms with Gasteiger partial charge >= 0.3 is 0 Å². The number of nitrogens with zero attached hydrogens (tertiary/aromatic N) is 2. The second-order valence-electron chi connectivity index (χ2n) is 4.37. The van der Waals surface area contributed by atoms with E-state index in [0.29, 0.717) is 12.0 Å². The second-order valence-corrected chi connectivity index (χ2v) is 4.37. The maximum Gasteiger partial charge on any atom is 0.256 e. The number of imide groups is 1. The van der Waals surface area contributed by atoms with Gasteiger partial charge in [-0.3, -0.25) is 24.7 Å². The summed E-state index contributed by atoms with van der Waals surface area (Å²) in [4.78, 5) is 39.9. The molecule has 0 aromatic carbocycles. The molecule has 1 aromatic rings. The number of amides is 3. The molecule has 7 nitrogen and oxygen atoms in total. The van der Waals surface area contributed by atoms with Crippen molar-refractivity contribution in [3.63, 3.8) is 0 Å². The molecular formula is C14H13N3O4. The van der Waals surface area contributed by atoms with Crippen molar-refractivity contribution in [2.24, 2.45) is 0 Å². The van der Waals surface area contributed by atoms with Crippen LogP contribution >= 0.6 is 0 Å². The Kier molecular flexibility index (Phi) is 4.64. The fourth-order valence-electron chi connectivity index (χ4n) is 1.81. The molecule has 2 N–H and O–H groups in total. The zero-order chi connectivity index (χ0) is 15.2. The van der Waals surface area contributed by atoms with E-state index in [9.17, 15) is 14.4 Å². The molecule has 2 heterocycles. The average molecular weight is 287 g/mol. The van der Waals surface area contributed by atoms with Crippen molar-refractivity contribution in [2.45, 2.75) is 6.42 Å². The van der Waals surface area contributed by atoms with Crippen LogP contribution in [0, 0.1) is 11.8 Å². The molecule has 0 saturated carbocycles. The van der Waals surface area contributed by atoms with Crippen molar-refractivity contribution < 1.29 is 19.5 Å². The van der Waals surface area contributed by atoms with Crippen LogP contribution in [0.25, 0.3) is 0 Å². The Hall–Kier alpha value is -2.72. The fraction of sp³-hybridized carbons (Fsp3) is 0.286. The summed E-state index contributed by atoms with van der Waals surface area (Å²) in [6.45, 7) is -0.361. The summed E-state index contributed by atoms with van der Waals surface area (Å²) >= 11 is 0. The summed E-state index contributed by atoms with van der Waals surface area (Å²) in [7, 11) is 0. The van der Waals surface area contributed by atoms with E-state index in [4.69, 9.17) is 5.11 Å². The zero-order valence-electron chi connectivity index (χ0n) is 11.1. The number of hydrogen-bond acceptors (Lipinski definition) is 5. The summed E-state index contributed by atoms with van der Waals surface area (Å²) in [5, 5.41) is 10.8. The molecule has 0 bridgehead atoms. The summed E-state index contributed by atoms with van der Waals surface area (Å²) < 4.78 is 0. The van der Waals surface area contributed by atoms with Crippen molar-refractivity contribution >= 4 is 17.7 Å². The van der Waals surface area contributed by atoms with E-state index in [0.717, 1.165) is 4.90 Å². The Balaban J connectivity index is 2.16. The molecule has 0 spiro atoms. The van der Waals surface area contributed by atoms with Crippen LogP contribution < -0.4 is 5.32 Å². The maximum atomic E-state index is 12.2. The Morgan fingerprint density at radius 1 is 1.33 bits per heavy atom. The van der Waals surface area contributed by atoms with Crippen molar-refractivity contribution in [1.29, 1.82) is 0 Å². The van der Waals surface area contributed by atoms with E-state index in [-0.39, 0.29) is 25.3 Å². The molecule has 1 aliphatic heterocycles. The van der Waals surface area contributed by atoms with Gasteiger partial charge in [-0.1, -0.05) is 11.8 Å². The molecule has 0 unspecified atom stereocenters. The Morgan fingerprint density at radius 2 is 2.05 bits per heavy atom. The standard InChI is InChI=1S/C14H13N3O4/c18-4-2-1-3-10-5-11(7-15-6-10)14(21)17-8-12(19)16-13(20)9-17/h5-7,18H,2,4,8-9H2,(H,16,19,20). The topological polar surface area (TPSA) is 99.6 Å². The van der Waals surface area contributed by atoms with E-state index < -0.39 is 17.7 Å². The number of aliphatic hydroxyl groups excluding tert-OH is 1. The summed E-state index contributed by atoms with van der Waals surface area (Å²) in [5.74, 6) is 4.04. The number of piperazine rings is 1. The van der Waals surface area contributed by atoms with Crippen molar-refractivity contribution in [3.8, 4) is 11.8 Å². The summed E-state index contributed by atoms with van der Waals surface area (Å²) in [6, 6.07) is 1.54. The quantitative estimate of drug-likeness (QED) is 0.532. The number of rotatable bonds is 2. The third kappa shape index (κ3) is 3.87. The summed E-state index contributed by atoms with van der Waals surface area (Å²) in [5.41, 5.74) is 0.787. The first-order chi connectivity index (χ1) is 10.1. The maximum absolute atomic E-state index is 12.2. The fourth-order valence-corrected chi connectivity index (χ4v) is 1.81. The van der Waals surface area contributed by atoms with Crippen LogP contribution in [-0.4, -0.2) is 52.4 Å². The molecule has 7 heteroatoms. The van der Waals surface area contributed by atoms with Gasteiger partial charge < -0.3 is 10.0 Å². The van der Waals surface area contributed by atoms with Crippen molar-refractivity contribution in [1.82, 2.24) is 15.2 Å². The van der Waals surface area contributed by atoms with Gasteiger partial charge in [0.25, 0.3) is 5.91 Å². The predicted octanol–water partition coefficient (Wildman–Crippen LogP) is -1.09. The molecule has 0 atom stereocenters. The lowest BCUT2D eigenvalue weighted by Gasteiger charge is -2.25. The third-order valence-electron chi connectivity index (χ3n) is 2.69. The first-order valence-electron chi connectivity index (χ1n) is 6.27. The highest BCUT2D eigenvalue weighted by Gasteiger charge is 2.27. The Bertz CT molecular complexity index is 629. The lowest BCUT2D eigenvalue weighted by molar-refractivity contribution is -0.135. The third-order valence-corrected chi connectivity index (χ3v) is 2.69. The van der Waals surface area contributed by atoms with E-state index >= 15 is 0 Å². The van der Waals surface area contributed by atoms with E-state index in [1.165, 1.54) is 18.5 Å². The van der Waals surface area contributed by atoms with Crippen LogP contribution in [0.4, 0.5) is 0 Å². The van der Waals surface area contributed by atoms with Gasteiger partial charge in [-0.25, -0.2) is 0 Å². The number of aromatic nitrogens is 1. The normalized spacial score (nSPS) is 14.2. The molecule has 3 amide bonds. The first-order valence-corrected chi connectivity index (χ1v) is 6.27. The number of pyridine rings is 1. The minimum Gasteiger partial charge on any atom is -0.395 e. The number of carbonyl (C=O) groups is 3. The molecule has 1 fully saturated rings. The molecule has 1 aromatic heterocycles. The van der Waals surface area contributed by atoms with Crippen LogP contribution in [0.3, 0.4) is 0 Å². The lowest BCUT2D eigenvalue weighted by Crippen LogP contribution is -2.53. The zero-order valence-corrected chi connectivity index (χ0v) is 11.1. The number of aliphatic hydroxyl groups is 1. The molecule has 1 saturated heterocycles. The van der Waals surface area contributed by atoms with Crippen molar-refractivity contribution in [2.75, 3.05) is 19.7 Å². The molecule has 21 heavy (non-hydrogen) atoms. The van der Waals surface area contributed by atoms with Crippen molar-refractivity contribution in [3.05, 3.63) is 29.6 Å². The molecule has 0 aliphatic carbocycles. The SMILES string of the molecule is O=C1CN(C(=O)c2cncc(C#CCCO)c2)CC(=O)N1. The molecule has 108 valence electrons. The average Bonchev–Trinajstić information content (AvgIpc) is 2.46. The smallest absolute Gasteiger partial charge is 0.256 e. The van der Waals surface area contributed by atoms with Gasteiger partial charge in [0.2, 0.25) is 11.8 Å². The van der Waals surface area contributed by atoms with Gasteiger partial charge in [-0.15, -0.1) is 0 Å². The highest BCUT2D eigenvalue weighted by molar-refractivity contribution is 6.05. The Morgan fingerprint density at radius 3 is 2.71 bits per heavy atom. The van der Waals surface area contributed by atoms with Crippen LogP contribution in [0.15, 0.2) is 18.5 Å². The second kappa shape index (κ2) is 6.63. The first kappa shape index (κ1) is 14.7. The van der Waals surface area contributed by atoms with Gasteiger partial charge in [0.1, 0.15) is 13.1 Å². The molecule has 1 aliphatic rings. The highest BCUT2D eigenvalue weighted by atomic mass is 16.3. The van der Waals surface area contributed by atoms with E-state index in [1.54, 1.807) is 0 Å². The Labute approximate surface area is 121 Å². The van der Waals surface area contributed by atoms with Crippen LogP contribution in [0.5, 0.6) is 0 Å². The van der Waals surface area contributed by atoms with E-state index in [1.807, 2.05) is 0 Å². The molecule has 0 radical (unpaired) electrons. The monoisotopic (exact) mass is 287 g/mol. The molecule has 2 rings (SSSR count). The number of nitrogens with one attached hydrogen (secondary N) is 1. The highest BCUT2D eigenvalue weighted by Crippen LogP contribution is 2.07. The van der Waals surface area contributed by atoms with Gasteiger partial charge in [0.15, 0.2) is 0 Å². The van der Waals surface area contributed by atoms with Crippen LogP contribution in [0.1, 0.15) is 22.3 Å². The van der Waals surface area contributed by atoms with Gasteiger partial charge in [0.05, 0.1) is 12.2 Å². The van der Waals surface area contributed by atoms with Crippen LogP contribution in [0.2, 0.25) is 0 Å². The minimum atomic E-state index is -0.508. The van der Waals surface area contributed by atoms with Gasteiger partial charge in [0, 0.05) is 24.4 Å². The minimum absolute atomic E-state index is 0.0376. The predicted molar refractivity (Wildman–Crippen MR) is 71.9 cm³/mol. The van der Waals surface area contributed by atoms with Gasteiger partial charge in [-0.2, -0.15) is 0 Å². The van der Waals surface area contributed by atoms with Gasteiger partial charge in [-0.05, 0) is 6.07 Å². The van der Waals surface area contributed by atoms with Crippen LogP contribution in [-0.2, 0) is 9.59 Å². The number of hydrogen-bond donors (Lipinski definition) is 2. The largest absolute Gasteiger partial charge is 0.395 e. The molecular weight excluding hydrogens is 274 g/mol. The lowest BCUT2D eigenvalue weighted by atomic mass is 10.1. The van der Waals surface area contributed by atoms with E-state index in [2.05, 4.69) is 22.1 Å².